The highest BCUT2D eigenvalue weighted by Gasteiger charge is 2.08. The van der Waals surface area contributed by atoms with E-state index < -0.39 is 5.97 Å². The SMILES string of the molecule is COc1ccc(C=CCN)c(C(=O)O)c1. The number of hydrogen-bond acceptors (Lipinski definition) is 3. The van der Waals surface area contributed by atoms with E-state index in [-0.39, 0.29) is 5.56 Å². The van der Waals surface area contributed by atoms with Crippen LogP contribution in [0.1, 0.15) is 15.9 Å². The van der Waals surface area contributed by atoms with Gasteiger partial charge in [0.05, 0.1) is 12.7 Å². The summed E-state index contributed by atoms with van der Waals surface area (Å²) in [5.74, 6) is -0.456. The van der Waals surface area contributed by atoms with Crippen LogP contribution < -0.4 is 10.5 Å². The number of carbonyl (C=O) groups is 1. The molecule has 0 heterocycles. The van der Waals surface area contributed by atoms with Crippen molar-refractivity contribution >= 4 is 12.0 Å². The van der Waals surface area contributed by atoms with Crippen molar-refractivity contribution < 1.29 is 14.6 Å². The van der Waals surface area contributed by atoms with Crippen LogP contribution >= 0.6 is 0 Å². The largest absolute Gasteiger partial charge is 0.497 e. The Balaban J connectivity index is 3.15. The molecule has 0 atom stereocenters. The fraction of sp³-hybridized carbons (Fsp3) is 0.182. The Hall–Kier alpha value is -1.81. The van der Waals surface area contributed by atoms with Gasteiger partial charge in [0.25, 0.3) is 0 Å². The van der Waals surface area contributed by atoms with Crippen LogP contribution in [-0.4, -0.2) is 24.7 Å². The Morgan fingerprint density at radius 3 is 2.87 bits per heavy atom. The number of nitrogens with two attached hydrogens (primary N) is 1. The Morgan fingerprint density at radius 2 is 2.33 bits per heavy atom. The lowest BCUT2D eigenvalue weighted by molar-refractivity contribution is 0.0696. The molecule has 0 radical (unpaired) electrons. The van der Waals surface area contributed by atoms with Crippen LogP contribution in [0.25, 0.3) is 6.08 Å². The fourth-order valence-electron chi connectivity index (χ4n) is 1.19. The first-order valence-corrected chi connectivity index (χ1v) is 4.47. The summed E-state index contributed by atoms with van der Waals surface area (Å²) in [6.45, 7) is 0.380. The number of aromatic carboxylic acids is 1. The second-order valence-corrected chi connectivity index (χ2v) is 2.90. The van der Waals surface area contributed by atoms with Crippen molar-refractivity contribution in [2.24, 2.45) is 5.73 Å². The minimum absolute atomic E-state index is 0.207. The van der Waals surface area contributed by atoms with Crippen molar-refractivity contribution in [1.82, 2.24) is 0 Å². The highest BCUT2D eigenvalue weighted by Crippen LogP contribution is 2.18. The number of hydrogen-bond donors (Lipinski definition) is 2. The molecule has 0 unspecified atom stereocenters. The van der Waals surface area contributed by atoms with Crippen molar-refractivity contribution in [2.45, 2.75) is 0 Å². The van der Waals surface area contributed by atoms with E-state index in [2.05, 4.69) is 0 Å². The number of methoxy groups -OCH3 is 1. The summed E-state index contributed by atoms with van der Waals surface area (Å²) in [5, 5.41) is 8.96. The summed E-state index contributed by atoms with van der Waals surface area (Å²) in [6.07, 6.45) is 3.39. The van der Waals surface area contributed by atoms with Crippen LogP contribution in [0, 0.1) is 0 Å². The van der Waals surface area contributed by atoms with Gasteiger partial charge >= 0.3 is 5.97 Å². The van der Waals surface area contributed by atoms with Gasteiger partial charge in [-0.15, -0.1) is 0 Å². The van der Waals surface area contributed by atoms with Crippen molar-refractivity contribution in [3.63, 3.8) is 0 Å². The molecule has 4 heteroatoms. The van der Waals surface area contributed by atoms with Crippen molar-refractivity contribution in [2.75, 3.05) is 13.7 Å². The second kappa shape index (κ2) is 5.17. The molecule has 0 saturated heterocycles. The molecule has 80 valence electrons. The third-order valence-corrected chi connectivity index (χ3v) is 1.92. The zero-order valence-electron chi connectivity index (χ0n) is 8.43. The minimum Gasteiger partial charge on any atom is -0.497 e. The van der Waals surface area contributed by atoms with E-state index in [1.165, 1.54) is 13.2 Å². The number of carboxylic acids is 1. The van der Waals surface area contributed by atoms with Crippen LogP contribution in [0.4, 0.5) is 0 Å². The van der Waals surface area contributed by atoms with Gasteiger partial charge in [-0.05, 0) is 17.7 Å². The lowest BCUT2D eigenvalue weighted by atomic mass is 10.1. The fourth-order valence-corrected chi connectivity index (χ4v) is 1.19. The first kappa shape index (κ1) is 11.3. The van der Waals surface area contributed by atoms with Crippen LogP contribution in [0.2, 0.25) is 0 Å². The minimum atomic E-state index is -0.981. The molecule has 0 fully saturated rings. The van der Waals surface area contributed by atoms with E-state index in [9.17, 15) is 4.79 Å². The van der Waals surface area contributed by atoms with Gasteiger partial charge in [0.1, 0.15) is 5.75 Å². The summed E-state index contributed by atoms with van der Waals surface area (Å²) in [5.41, 5.74) is 6.13. The van der Waals surface area contributed by atoms with Crippen LogP contribution in [-0.2, 0) is 0 Å². The first-order valence-electron chi connectivity index (χ1n) is 4.47. The molecule has 3 N–H and O–H groups in total. The van der Waals surface area contributed by atoms with Gasteiger partial charge in [-0.1, -0.05) is 18.2 Å². The highest BCUT2D eigenvalue weighted by atomic mass is 16.5. The molecule has 0 aliphatic rings. The molecule has 0 spiro atoms. The normalized spacial score (nSPS) is 10.5. The predicted molar refractivity (Wildman–Crippen MR) is 58.0 cm³/mol. The lowest BCUT2D eigenvalue weighted by Crippen LogP contribution is -2.00. The van der Waals surface area contributed by atoms with Crippen molar-refractivity contribution in [1.29, 1.82) is 0 Å². The molecular weight excluding hydrogens is 194 g/mol. The quantitative estimate of drug-likeness (QED) is 0.782. The Kier molecular flexibility index (Phi) is 3.88. The molecule has 15 heavy (non-hydrogen) atoms. The number of rotatable bonds is 4. The van der Waals surface area contributed by atoms with Crippen LogP contribution in [0.5, 0.6) is 5.75 Å². The molecule has 0 amide bonds. The predicted octanol–water partition coefficient (Wildman–Crippen LogP) is 1.37. The molecule has 0 saturated carbocycles. The Morgan fingerprint density at radius 1 is 1.60 bits per heavy atom. The van der Waals surface area contributed by atoms with Crippen LogP contribution in [0.3, 0.4) is 0 Å². The Labute approximate surface area is 88.0 Å². The molecule has 0 aliphatic carbocycles. The zero-order valence-corrected chi connectivity index (χ0v) is 8.43. The molecule has 0 aliphatic heterocycles. The molecule has 4 nitrogen and oxygen atoms in total. The number of carboxylic acid groups (broad SMARTS) is 1. The van der Waals surface area contributed by atoms with Gasteiger partial charge in [-0.2, -0.15) is 0 Å². The molecule has 1 rings (SSSR count). The summed E-state index contributed by atoms with van der Waals surface area (Å²) in [7, 11) is 1.50. The summed E-state index contributed by atoms with van der Waals surface area (Å²) >= 11 is 0. The highest BCUT2D eigenvalue weighted by molar-refractivity contribution is 5.92. The standard InChI is InChI=1S/C11H13NO3/c1-15-9-5-4-8(3-2-6-12)10(7-9)11(13)14/h2-5,7H,6,12H2,1H3,(H,13,14). The van der Waals surface area contributed by atoms with Crippen LogP contribution in [0.15, 0.2) is 24.3 Å². The molecule has 1 aromatic rings. The second-order valence-electron chi connectivity index (χ2n) is 2.90. The molecule has 0 bridgehead atoms. The maximum Gasteiger partial charge on any atom is 0.336 e. The van der Waals surface area contributed by atoms with E-state index in [1.807, 2.05) is 0 Å². The van der Waals surface area contributed by atoms with Crippen molar-refractivity contribution in [3.05, 3.63) is 35.4 Å². The van der Waals surface area contributed by atoms with E-state index >= 15 is 0 Å². The summed E-state index contributed by atoms with van der Waals surface area (Å²) in [6, 6.07) is 4.88. The van der Waals surface area contributed by atoms with E-state index in [0.717, 1.165) is 0 Å². The molecule has 1 aromatic carbocycles. The van der Waals surface area contributed by atoms with E-state index in [1.54, 1.807) is 24.3 Å². The average molecular weight is 207 g/mol. The van der Waals surface area contributed by atoms with Gasteiger partial charge in [0.15, 0.2) is 0 Å². The maximum atomic E-state index is 10.9. The van der Waals surface area contributed by atoms with Gasteiger partial charge < -0.3 is 15.6 Å². The topological polar surface area (TPSA) is 72.5 Å². The van der Waals surface area contributed by atoms with E-state index in [4.69, 9.17) is 15.6 Å². The third-order valence-electron chi connectivity index (χ3n) is 1.92. The van der Waals surface area contributed by atoms with Gasteiger partial charge in [0, 0.05) is 6.54 Å². The maximum absolute atomic E-state index is 10.9. The van der Waals surface area contributed by atoms with Crippen molar-refractivity contribution in [3.8, 4) is 5.75 Å². The average Bonchev–Trinajstić information content (AvgIpc) is 2.26. The van der Waals surface area contributed by atoms with Gasteiger partial charge in [-0.25, -0.2) is 4.79 Å². The number of ether oxygens (including phenoxy) is 1. The number of benzene rings is 1. The molecular formula is C11H13NO3. The first-order chi connectivity index (χ1) is 7.19. The van der Waals surface area contributed by atoms with Gasteiger partial charge in [-0.3, -0.25) is 0 Å². The third kappa shape index (κ3) is 2.82. The Bertz CT molecular complexity index is 385. The van der Waals surface area contributed by atoms with E-state index in [0.29, 0.717) is 17.9 Å². The summed E-state index contributed by atoms with van der Waals surface area (Å²) < 4.78 is 4.95. The lowest BCUT2D eigenvalue weighted by Gasteiger charge is -2.04. The smallest absolute Gasteiger partial charge is 0.336 e. The summed E-state index contributed by atoms with van der Waals surface area (Å²) in [4.78, 5) is 10.9. The van der Waals surface area contributed by atoms with Gasteiger partial charge in [0.2, 0.25) is 0 Å². The molecule has 0 aromatic heterocycles. The zero-order chi connectivity index (χ0) is 11.3. The monoisotopic (exact) mass is 207 g/mol.